The minimum atomic E-state index is -3.54. The average molecular weight is 418 g/mol. The first-order chi connectivity index (χ1) is 13.8. The molecule has 1 amide bonds. The Labute approximate surface area is 169 Å². The Hall–Kier alpha value is -2.94. The summed E-state index contributed by atoms with van der Waals surface area (Å²) < 4.78 is 30.5. The lowest BCUT2D eigenvalue weighted by Gasteiger charge is -2.31. The van der Waals surface area contributed by atoms with E-state index in [0.29, 0.717) is 25.9 Å². The van der Waals surface area contributed by atoms with Crippen LogP contribution in [0, 0.1) is 16.0 Å². The quantitative estimate of drug-likeness (QED) is 0.526. The van der Waals surface area contributed by atoms with Crippen molar-refractivity contribution in [3.05, 3.63) is 70.3 Å². The predicted molar refractivity (Wildman–Crippen MR) is 106 cm³/mol. The van der Waals surface area contributed by atoms with Crippen LogP contribution in [-0.2, 0) is 21.2 Å². The van der Waals surface area contributed by atoms with Crippen molar-refractivity contribution in [2.24, 2.45) is 5.92 Å². The van der Waals surface area contributed by atoms with E-state index in [2.05, 4.69) is 0 Å². The third-order valence-corrected chi connectivity index (χ3v) is 6.84. The number of nitrogens with zero attached hydrogens (tertiary/aromatic N) is 2. The summed E-state index contributed by atoms with van der Waals surface area (Å²) in [6.07, 6.45) is 0.727. The molecule has 1 heterocycles. The zero-order chi connectivity index (χ0) is 20.9. The van der Waals surface area contributed by atoms with Crippen molar-refractivity contribution in [1.82, 2.24) is 4.90 Å². The molecule has 3 rings (SSSR count). The molecule has 0 atom stereocenters. The molecule has 1 aliphatic heterocycles. The van der Waals surface area contributed by atoms with Crippen molar-refractivity contribution in [1.29, 1.82) is 0 Å². The van der Waals surface area contributed by atoms with Gasteiger partial charge in [0.15, 0.2) is 9.84 Å². The molecule has 1 aliphatic rings. The number of benzene rings is 2. The minimum Gasteiger partial charge on any atom is -0.445 e. The van der Waals surface area contributed by atoms with Crippen molar-refractivity contribution in [2.75, 3.05) is 18.8 Å². The zero-order valence-electron chi connectivity index (χ0n) is 15.8. The van der Waals surface area contributed by atoms with Gasteiger partial charge in [-0.1, -0.05) is 30.3 Å². The van der Waals surface area contributed by atoms with Crippen LogP contribution in [0.3, 0.4) is 0 Å². The van der Waals surface area contributed by atoms with Gasteiger partial charge in [0.1, 0.15) is 6.61 Å². The van der Waals surface area contributed by atoms with Crippen molar-refractivity contribution in [2.45, 2.75) is 24.3 Å². The largest absolute Gasteiger partial charge is 0.445 e. The molecule has 0 bridgehead atoms. The summed E-state index contributed by atoms with van der Waals surface area (Å²) in [5.41, 5.74) is 0.760. The molecule has 0 N–H and O–H groups in total. The molecular weight excluding hydrogens is 396 g/mol. The topological polar surface area (TPSA) is 107 Å². The number of amides is 1. The molecule has 8 nitrogen and oxygen atoms in total. The van der Waals surface area contributed by atoms with E-state index >= 15 is 0 Å². The number of rotatable bonds is 6. The van der Waals surface area contributed by atoms with Gasteiger partial charge in [0.25, 0.3) is 5.69 Å². The highest BCUT2D eigenvalue weighted by molar-refractivity contribution is 7.91. The summed E-state index contributed by atoms with van der Waals surface area (Å²) >= 11 is 0. The predicted octanol–water partition coefficient (Wildman–Crippen LogP) is 3.42. The van der Waals surface area contributed by atoms with Crippen LogP contribution >= 0.6 is 0 Å². The highest BCUT2D eigenvalue weighted by atomic mass is 32.2. The number of nitro groups is 1. The van der Waals surface area contributed by atoms with Gasteiger partial charge in [-0.05, 0) is 36.5 Å². The summed E-state index contributed by atoms with van der Waals surface area (Å²) in [5.74, 6) is -0.120. The van der Waals surface area contributed by atoms with Crippen LogP contribution in [0.1, 0.15) is 18.4 Å². The summed E-state index contributed by atoms with van der Waals surface area (Å²) in [6.45, 7) is 1.08. The standard InChI is InChI=1S/C20H22N2O6S/c23-20(28-14-16-4-2-1-3-5-16)21-12-10-17(11-13-21)15-29(26,27)19-8-6-18(7-9-19)22(24)25/h1-9,17H,10-15H2. The van der Waals surface area contributed by atoms with Gasteiger partial charge >= 0.3 is 6.09 Å². The molecule has 1 fully saturated rings. The van der Waals surface area contributed by atoms with E-state index in [9.17, 15) is 23.3 Å². The van der Waals surface area contributed by atoms with Crippen LogP contribution < -0.4 is 0 Å². The third kappa shape index (κ3) is 5.54. The normalized spacial score (nSPS) is 15.1. The minimum absolute atomic E-state index is 0.0439. The third-order valence-electron chi connectivity index (χ3n) is 4.94. The molecule has 0 saturated carbocycles. The Balaban J connectivity index is 1.49. The van der Waals surface area contributed by atoms with Crippen LogP contribution in [0.5, 0.6) is 0 Å². The molecule has 29 heavy (non-hydrogen) atoms. The molecule has 0 aromatic heterocycles. The Morgan fingerprint density at radius 1 is 1.07 bits per heavy atom. The van der Waals surface area contributed by atoms with Gasteiger partial charge < -0.3 is 9.64 Å². The number of hydrogen-bond acceptors (Lipinski definition) is 6. The number of carbonyl (C=O) groups is 1. The molecule has 154 valence electrons. The molecular formula is C20H22N2O6S. The SMILES string of the molecule is O=C(OCc1ccccc1)N1CCC(CS(=O)(=O)c2ccc([N+](=O)[O-])cc2)CC1. The number of likely N-dealkylation sites (tertiary alicyclic amines) is 1. The van der Waals surface area contributed by atoms with E-state index in [0.717, 1.165) is 5.56 Å². The number of nitro benzene ring substituents is 1. The summed E-state index contributed by atoms with van der Waals surface area (Å²) in [5, 5.41) is 10.7. The van der Waals surface area contributed by atoms with Crippen LogP contribution in [0.2, 0.25) is 0 Å². The number of ether oxygens (including phenoxy) is 1. The summed E-state index contributed by atoms with van der Waals surface area (Å²) in [4.78, 5) is 24.0. The monoisotopic (exact) mass is 418 g/mol. The average Bonchev–Trinajstić information content (AvgIpc) is 2.73. The van der Waals surface area contributed by atoms with Crippen LogP contribution in [-0.4, -0.2) is 43.2 Å². The second-order valence-corrected chi connectivity index (χ2v) is 9.04. The second-order valence-electron chi connectivity index (χ2n) is 7.00. The lowest BCUT2D eigenvalue weighted by atomic mass is 9.99. The van der Waals surface area contributed by atoms with E-state index in [1.165, 1.54) is 24.3 Å². The maximum atomic E-state index is 12.6. The highest BCUT2D eigenvalue weighted by Crippen LogP contribution is 2.24. The Morgan fingerprint density at radius 2 is 1.69 bits per heavy atom. The van der Waals surface area contributed by atoms with Crippen LogP contribution in [0.25, 0.3) is 0 Å². The summed E-state index contributed by atoms with van der Waals surface area (Å²) in [6, 6.07) is 14.3. The maximum Gasteiger partial charge on any atom is 0.410 e. The number of piperidine rings is 1. The fourth-order valence-electron chi connectivity index (χ4n) is 3.27. The van der Waals surface area contributed by atoms with E-state index in [-0.39, 0.29) is 28.9 Å². The first-order valence-corrected chi connectivity index (χ1v) is 10.9. The van der Waals surface area contributed by atoms with Gasteiger partial charge in [-0.25, -0.2) is 13.2 Å². The fourth-order valence-corrected chi connectivity index (χ4v) is 4.97. The lowest BCUT2D eigenvalue weighted by molar-refractivity contribution is -0.384. The first kappa shape index (κ1) is 20.8. The number of sulfone groups is 1. The smallest absolute Gasteiger partial charge is 0.410 e. The number of carbonyl (C=O) groups excluding carboxylic acids is 1. The van der Waals surface area contributed by atoms with Crippen LogP contribution in [0.15, 0.2) is 59.5 Å². The molecule has 0 unspecified atom stereocenters. The van der Waals surface area contributed by atoms with E-state index in [1.54, 1.807) is 4.90 Å². The second kappa shape index (κ2) is 9.04. The molecule has 0 aliphatic carbocycles. The van der Waals surface area contributed by atoms with Gasteiger partial charge in [0.2, 0.25) is 0 Å². The number of non-ortho nitro benzene ring substituents is 1. The van der Waals surface area contributed by atoms with Crippen LogP contribution in [0.4, 0.5) is 10.5 Å². The van der Waals surface area contributed by atoms with Gasteiger partial charge in [0, 0.05) is 25.2 Å². The molecule has 2 aromatic carbocycles. The molecule has 9 heteroatoms. The first-order valence-electron chi connectivity index (χ1n) is 9.28. The summed E-state index contributed by atoms with van der Waals surface area (Å²) in [7, 11) is -3.54. The van der Waals surface area contributed by atoms with E-state index < -0.39 is 20.9 Å². The van der Waals surface area contributed by atoms with Crippen molar-refractivity contribution >= 4 is 21.6 Å². The lowest BCUT2D eigenvalue weighted by Crippen LogP contribution is -2.40. The Morgan fingerprint density at radius 3 is 2.28 bits per heavy atom. The van der Waals surface area contributed by atoms with Gasteiger partial charge in [0.05, 0.1) is 15.6 Å². The van der Waals surface area contributed by atoms with E-state index in [1.807, 2.05) is 30.3 Å². The fraction of sp³-hybridized carbons (Fsp3) is 0.350. The van der Waals surface area contributed by atoms with Gasteiger partial charge in [-0.15, -0.1) is 0 Å². The van der Waals surface area contributed by atoms with Crippen molar-refractivity contribution < 1.29 is 22.9 Å². The van der Waals surface area contributed by atoms with Crippen molar-refractivity contribution in [3.8, 4) is 0 Å². The van der Waals surface area contributed by atoms with Gasteiger partial charge in [-0.3, -0.25) is 10.1 Å². The van der Waals surface area contributed by atoms with Crippen molar-refractivity contribution in [3.63, 3.8) is 0 Å². The van der Waals surface area contributed by atoms with Gasteiger partial charge in [-0.2, -0.15) is 0 Å². The molecule has 2 aromatic rings. The zero-order valence-corrected chi connectivity index (χ0v) is 16.6. The number of hydrogen-bond donors (Lipinski definition) is 0. The maximum absolute atomic E-state index is 12.6. The Bertz CT molecular complexity index is 952. The molecule has 0 spiro atoms. The highest BCUT2D eigenvalue weighted by Gasteiger charge is 2.28. The Kier molecular flexibility index (Phi) is 6.48. The molecule has 1 saturated heterocycles. The molecule has 0 radical (unpaired) electrons. The van der Waals surface area contributed by atoms with E-state index in [4.69, 9.17) is 4.74 Å².